The first kappa shape index (κ1) is 17.6. The van der Waals surface area contributed by atoms with Crippen molar-refractivity contribution in [2.24, 2.45) is 5.92 Å². The van der Waals surface area contributed by atoms with Gasteiger partial charge in [0.2, 0.25) is 5.91 Å². The second-order valence-corrected chi connectivity index (χ2v) is 7.19. The Bertz CT molecular complexity index is 883. The van der Waals surface area contributed by atoms with Crippen LogP contribution in [0.25, 0.3) is 11.1 Å². The van der Waals surface area contributed by atoms with Gasteiger partial charge in [-0.25, -0.2) is 0 Å². The zero-order valence-corrected chi connectivity index (χ0v) is 15.2. The Kier molecular flexibility index (Phi) is 4.59. The number of hydrogen-bond acceptors (Lipinski definition) is 4. The van der Waals surface area contributed by atoms with Crippen LogP contribution in [-0.4, -0.2) is 41.7 Å². The molecule has 0 radical (unpaired) electrons. The lowest BCUT2D eigenvalue weighted by atomic mass is 9.75. The van der Waals surface area contributed by atoms with Crippen LogP contribution in [0.15, 0.2) is 48.5 Å². The highest BCUT2D eigenvalue weighted by Gasteiger charge is 2.53. The first-order valence-electron chi connectivity index (χ1n) is 9.25. The van der Waals surface area contributed by atoms with Crippen molar-refractivity contribution in [1.82, 2.24) is 4.90 Å². The van der Waals surface area contributed by atoms with Gasteiger partial charge in [0.1, 0.15) is 11.8 Å². The number of hydrogen-bond donors (Lipinski definition) is 1. The molecule has 0 unspecified atom stereocenters. The molecule has 2 aliphatic rings. The molecular formula is C22H22N2O3. The molecule has 1 N–H and O–H groups in total. The molecule has 1 aliphatic heterocycles. The van der Waals surface area contributed by atoms with Crippen molar-refractivity contribution in [2.45, 2.75) is 30.8 Å². The molecule has 1 saturated carbocycles. The summed E-state index contributed by atoms with van der Waals surface area (Å²) in [4.78, 5) is 14.1. The zero-order valence-electron chi connectivity index (χ0n) is 15.2. The number of aliphatic hydroxyl groups is 1. The van der Waals surface area contributed by atoms with Gasteiger partial charge >= 0.3 is 0 Å². The van der Waals surface area contributed by atoms with Crippen LogP contribution in [0.5, 0.6) is 5.75 Å². The van der Waals surface area contributed by atoms with Crippen molar-refractivity contribution in [3.8, 4) is 22.9 Å². The van der Waals surface area contributed by atoms with Crippen molar-refractivity contribution in [3.63, 3.8) is 0 Å². The minimum absolute atomic E-state index is 0.0162. The van der Waals surface area contributed by atoms with Gasteiger partial charge in [0.15, 0.2) is 0 Å². The molecule has 2 fully saturated rings. The summed E-state index contributed by atoms with van der Waals surface area (Å²) in [6.45, 7) is -0.129. The van der Waals surface area contributed by atoms with Gasteiger partial charge < -0.3 is 14.7 Å². The van der Waals surface area contributed by atoms with E-state index in [-0.39, 0.29) is 30.4 Å². The van der Waals surface area contributed by atoms with Crippen LogP contribution < -0.4 is 4.74 Å². The molecule has 1 aliphatic carbocycles. The van der Waals surface area contributed by atoms with E-state index in [1.54, 1.807) is 12.0 Å². The van der Waals surface area contributed by atoms with Gasteiger partial charge in [0.05, 0.1) is 25.8 Å². The standard InChI is InChI=1S/C22H22N2O3/c1-27-20-5-3-2-4-17(20)14-6-8-15(9-7-14)21-18(12-23)24(19(21)13-25)22(26)16-10-11-16/h2-9,16,18-19,21,25H,10-11,13H2,1H3/t18-,19-,21+/m1/s1. The fourth-order valence-corrected chi connectivity index (χ4v) is 4.02. The van der Waals surface area contributed by atoms with Crippen molar-refractivity contribution in [3.05, 3.63) is 54.1 Å². The van der Waals surface area contributed by atoms with E-state index in [0.29, 0.717) is 0 Å². The lowest BCUT2D eigenvalue weighted by Crippen LogP contribution is -2.65. The summed E-state index contributed by atoms with van der Waals surface area (Å²) < 4.78 is 5.43. The Balaban J connectivity index is 1.60. The summed E-state index contributed by atoms with van der Waals surface area (Å²) in [5.41, 5.74) is 3.00. The maximum absolute atomic E-state index is 12.5. The molecule has 0 aromatic heterocycles. The van der Waals surface area contributed by atoms with E-state index < -0.39 is 6.04 Å². The second kappa shape index (κ2) is 7.05. The third-order valence-electron chi connectivity index (χ3n) is 5.63. The summed E-state index contributed by atoms with van der Waals surface area (Å²) in [5, 5.41) is 19.4. The van der Waals surface area contributed by atoms with E-state index in [1.807, 2.05) is 48.5 Å². The topological polar surface area (TPSA) is 73.6 Å². The predicted octanol–water partition coefficient (Wildman–Crippen LogP) is 2.95. The Morgan fingerprint density at radius 3 is 2.52 bits per heavy atom. The molecule has 4 rings (SSSR count). The van der Waals surface area contributed by atoms with E-state index in [9.17, 15) is 15.2 Å². The fraction of sp³-hybridized carbons (Fsp3) is 0.364. The van der Waals surface area contributed by atoms with E-state index >= 15 is 0 Å². The molecule has 0 bridgehead atoms. The van der Waals surface area contributed by atoms with Gasteiger partial charge in [-0.1, -0.05) is 42.5 Å². The predicted molar refractivity (Wildman–Crippen MR) is 101 cm³/mol. The number of para-hydroxylation sites is 1. The number of benzene rings is 2. The summed E-state index contributed by atoms with van der Waals surface area (Å²) in [6.07, 6.45) is 1.79. The van der Waals surface area contributed by atoms with Crippen LogP contribution in [0.4, 0.5) is 0 Å². The molecular weight excluding hydrogens is 340 g/mol. The Morgan fingerprint density at radius 1 is 1.22 bits per heavy atom. The number of nitrogens with zero attached hydrogens (tertiary/aromatic N) is 2. The highest BCUT2D eigenvalue weighted by atomic mass is 16.5. The number of ether oxygens (including phenoxy) is 1. The van der Waals surface area contributed by atoms with E-state index in [0.717, 1.165) is 35.3 Å². The van der Waals surface area contributed by atoms with Crippen LogP contribution in [0.1, 0.15) is 24.3 Å². The molecule has 0 spiro atoms. The number of rotatable bonds is 5. The first-order chi connectivity index (χ1) is 13.2. The van der Waals surface area contributed by atoms with Crippen molar-refractivity contribution < 1.29 is 14.6 Å². The molecule has 2 aromatic rings. The molecule has 1 amide bonds. The molecule has 138 valence electrons. The number of carbonyl (C=O) groups is 1. The van der Waals surface area contributed by atoms with Gasteiger partial charge in [-0.2, -0.15) is 5.26 Å². The third kappa shape index (κ3) is 2.96. The Hall–Kier alpha value is -2.84. The van der Waals surface area contributed by atoms with Crippen LogP contribution in [0.3, 0.4) is 0 Å². The Labute approximate surface area is 158 Å². The first-order valence-corrected chi connectivity index (χ1v) is 9.25. The number of methoxy groups -OCH3 is 1. The highest BCUT2D eigenvalue weighted by molar-refractivity contribution is 5.83. The highest BCUT2D eigenvalue weighted by Crippen LogP contribution is 2.44. The number of likely N-dealkylation sites (tertiary alicyclic amines) is 1. The lowest BCUT2D eigenvalue weighted by Gasteiger charge is -2.51. The molecule has 1 heterocycles. The van der Waals surface area contributed by atoms with E-state index in [1.165, 1.54) is 0 Å². The van der Waals surface area contributed by atoms with Crippen LogP contribution in [0, 0.1) is 17.2 Å². The fourth-order valence-electron chi connectivity index (χ4n) is 4.02. The molecule has 3 atom stereocenters. The summed E-state index contributed by atoms with van der Waals surface area (Å²) in [5.74, 6) is 0.707. The second-order valence-electron chi connectivity index (χ2n) is 7.19. The van der Waals surface area contributed by atoms with Gasteiger partial charge in [0, 0.05) is 17.4 Å². The van der Waals surface area contributed by atoms with E-state index in [4.69, 9.17) is 4.74 Å². The van der Waals surface area contributed by atoms with Gasteiger partial charge in [-0.3, -0.25) is 4.79 Å². The number of nitriles is 1. The monoisotopic (exact) mass is 362 g/mol. The molecule has 27 heavy (non-hydrogen) atoms. The minimum atomic E-state index is -0.507. The largest absolute Gasteiger partial charge is 0.496 e. The normalized spacial score (nSPS) is 24.0. The average Bonchev–Trinajstić information content (AvgIpc) is 3.53. The average molecular weight is 362 g/mol. The van der Waals surface area contributed by atoms with E-state index in [2.05, 4.69) is 6.07 Å². The van der Waals surface area contributed by atoms with Crippen LogP contribution in [0.2, 0.25) is 0 Å². The maximum atomic E-state index is 12.5. The van der Waals surface area contributed by atoms with Gasteiger partial charge in [0.25, 0.3) is 0 Å². The summed E-state index contributed by atoms with van der Waals surface area (Å²) >= 11 is 0. The quantitative estimate of drug-likeness (QED) is 0.887. The van der Waals surface area contributed by atoms with Gasteiger partial charge in [-0.15, -0.1) is 0 Å². The van der Waals surface area contributed by atoms with Crippen molar-refractivity contribution in [1.29, 1.82) is 5.26 Å². The maximum Gasteiger partial charge on any atom is 0.227 e. The SMILES string of the molecule is COc1ccccc1-c1ccc([C@H]2[C@@H](C#N)N(C(=O)C3CC3)[C@@H]2CO)cc1. The third-order valence-corrected chi connectivity index (χ3v) is 5.63. The number of aliphatic hydroxyl groups excluding tert-OH is 1. The minimum Gasteiger partial charge on any atom is -0.496 e. The summed E-state index contributed by atoms with van der Waals surface area (Å²) in [7, 11) is 1.65. The molecule has 2 aromatic carbocycles. The zero-order chi connectivity index (χ0) is 19.0. The summed E-state index contributed by atoms with van der Waals surface area (Å²) in [6, 6.07) is 17.2. The van der Waals surface area contributed by atoms with Crippen molar-refractivity contribution in [2.75, 3.05) is 13.7 Å². The van der Waals surface area contributed by atoms with Crippen molar-refractivity contribution >= 4 is 5.91 Å². The van der Waals surface area contributed by atoms with Crippen LogP contribution >= 0.6 is 0 Å². The smallest absolute Gasteiger partial charge is 0.227 e. The van der Waals surface area contributed by atoms with Gasteiger partial charge in [-0.05, 0) is 30.0 Å². The lowest BCUT2D eigenvalue weighted by molar-refractivity contribution is -0.148. The van der Waals surface area contributed by atoms with Crippen LogP contribution in [-0.2, 0) is 4.79 Å². The number of amides is 1. The molecule has 5 nitrogen and oxygen atoms in total. The molecule has 1 saturated heterocycles. The Morgan fingerprint density at radius 2 is 1.93 bits per heavy atom. The number of carbonyl (C=O) groups excluding carboxylic acids is 1. The molecule has 5 heteroatoms.